The van der Waals surface area contributed by atoms with Crippen LogP contribution in [0, 0.1) is 0 Å². The van der Waals surface area contributed by atoms with E-state index in [9.17, 15) is 4.79 Å². The molecule has 1 N–H and O–H groups in total. The molecule has 0 aliphatic heterocycles. The Morgan fingerprint density at radius 2 is 2.05 bits per heavy atom. The highest BCUT2D eigenvalue weighted by Gasteiger charge is 2.17. The fraction of sp³-hybridized carbons (Fsp3) is 0.176. The van der Waals surface area contributed by atoms with Gasteiger partial charge in [-0.25, -0.2) is 5.43 Å². The molecular weight excluding hydrogens is 344 g/mol. The Balaban J connectivity index is 1.56. The number of rotatable bonds is 4. The molecule has 2 aromatic carbocycles. The molecular formula is C17H15BrN2O2. The van der Waals surface area contributed by atoms with E-state index in [4.69, 9.17) is 4.74 Å². The molecule has 1 amide bonds. The van der Waals surface area contributed by atoms with Crippen LogP contribution in [0.5, 0.6) is 5.75 Å². The molecule has 0 aromatic heterocycles. The number of ether oxygens (including phenoxy) is 1. The van der Waals surface area contributed by atoms with Crippen LogP contribution in [-0.2, 0) is 11.2 Å². The van der Waals surface area contributed by atoms with E-state index in [2.05, 4.69) is 32.5 Å². The second-order valence-electron chi connectivity index (χ2n) is 5.00. The summed E-state index contributed by atoms with van der Waals surface area (Å²) in [6.45, 7) is -0.0606. The molecule has 0 saturated carbocycles. The lowest BCUT2D eigenvalue weighted by Gasteiger charge is -2.06. The Morgan fingerprint density at radius 3 is 2.91 bits per heavy atom. The van der Waals surface area contributed by atoms with Crippen LogP contribution in [0.4, 0.5) is 0 Å². The number of halogens is 1. The van der Waals surface area contributed by atoms with Crippen LogP contribution in [0.15, 0.2) is 58.1 Å². The molecule has 0 atom stereocenters. The van der Waals surface area contributed by atoms with Gasteiger partial charge >= 0.3 is 0 Å². The second kappa shape index (κ2) is 6.75. The van der Waals surface area contributed by atoms with Crippen LogP contribution in [0.3, 0.4) is 0 Å². The Morgan fingerprint density at radius 1 is 1.18 bits per heavy atom. The van der Waals surface area contributed by atoms with E-state index in [1.165, 1.54) is 5.56 Å². The van der Waals surface area contributed by atoms with E-state index in [-0.39, 0.29) is 12.5 Å². The number of benzene rings is 2. The summed E-state index contributed by atoms with van der Waals surface area (Å²) >= 11 is 3.36. The predicted octanol–water partition coefficient (Wildman–Crippen LogP) is 3.29. The quantitative estimate of drug-likeness (QED) is 0.852. The minimum atomic E-state index is -0.267. The third-order valence-corrected chi connectivity index (χ3v) is 3.93. The SMILES string of the molecule is O=C(COc1cccc(Br)c1)N/N=C1/CCc2ccccc21. The zero-order chi connectivity index (χ0) is 15.4. The zero-order valence-corrected chi connectivity index (χ0v) is 13.5. The maximum absolute atomic E-state index is 11.8. The van der Waals surface area contributed by atoms with Gasteiger partial charge in [-0.15, -0.1) is 0 Å². The molecule has 1 aliphatic carbocycles. The summed E-state index contributed by atoms with van der Waals surface area (Å²) in [6.07, 6.45) is 1.82. The smallest absolute Gasteiger partial charge is 0.277 e. The normalized spacial score (nSPS) is 14.7. The highest BCUT2D eigenvalue weighted by atomic mass is 79.9. The van der Waals surface area contributed by atoms with Crippen LogP contribution in [0.1, 0.15) is 17.5 Å². The first-order valence-electron chi connectivity index (χ1n) is 7.04. The fourth-order valence-electron chi connectivity index (χ4n) is 2.39. The summed E-state index contributed by atoms with van der Waals surface area (Å²) in [5.74, 6) is 0.375. The van der Waals surface area contributed by atoms with Crippen LogP contribution >= 0.6 is 15.9 Å². The molecule has 3 rings (SSSR count). The summed E-state index contributed by atoms with van der Waals surface area (Å²) in [5.41, 5.74) is 5.88. The van der Waals surface area contributed by atoms with Crippen LogP contribution in [-0.4, -0.2) is 18.2 Å². The molecule has 0 unspecified atom stereocenters. The number of nitrogens with zero attached hydrogens (tertiary/aromatic N) is 1. The molecule has 22 heavy (non-hydrogen) atoms. The highest BCUT2D eigenvalue weighted by molar-refractivity contribution is 9.10. The molecule has 1 aliphatic rings. The Hall–Kier alpha value is -2.14. The molecule has 4 nitrogen and oxygen atoms in total. The van der Waals surface area contributed by atoms with Gasteiger partial charge in [0.15, 0.2) is 6.61 Å². The van der Waals surface area contributed by atoms with Crippen molar-refractivity contribution in [3.8, 4) is 5.75 Å². The molecule has 5 heteroatoms. The number of aryl methyl sites for hydroxylation is 1. The van der Waals surface area contributed by atoms with Gasteiger partial charge in [-0.05, 0) is 36.6 Å². The van der Waals surface area contributed by atoms with Crippen molar-refractivity contribution in [3.05, 3.63) is 64.1 Å². The zero-order valence-electron chi connectivity index (χ0n) is 11.9. The molecule has 0 fully saturated rings. The lowest BCUT2D eigenvalue weighted by molar-refractivity contribution is -0.123. The maximum Gasteiger partial charge on any atom is 0.277 e. The molecule has 0 heterocycles. The van der Waals surface area contributed by atoms with Crippen molar-refractivity contribution < 1.29 is 9.53 Å². The third kappa shape index (κ3) is 3.54. The minimum absolute atomic E-state index is 0.0606. The van der Waals surface area contributed by atoms with E-state index >= 15 is 0 Å². The van der Waals surface area contributed by atoms with Crippen molar-refractivity contribution in [1.29, 1.82) is 0 Å². The van der Waals surface area contributed by atoms with Gasteiger partial charge in [0, 0.05) is 10.0 Å². The number of amides is 1. The lowest BCUT2D eigenvalue weighted by Crippen LogP contribution is -2.25. The van der Waals surface area contributed by atoms with Gasteiger partial charge in [-0.1, -0.05) is 46.3 Å². The summed E-state index contributed by atoms with van der Waals surface area (Å²) < 4.78 is 6.33. The highest BCUT2D eigenvalue weighted by Crippen LogP contribution is 2.21. The third-order valence-electron chi connectivity index (χ3n) is 3.44. The number of carbonyl (C=O) groups excluding carboxylic acids is 1. The average molecular weight is 359 g/mol. The summed E-state index contributed by atoms with van der Waals surface area (Å²) in [4.78, 5) is 11.8. The minimum Gasteiger partial charge on any atom is -0.484 e. The first kappa shape index (κ1) is 14.8. The average Bonchev–Trinajstić information content (AvgIpc) is 2.94. The number of hydrogen-bond acceptors (Lipinski definition) is 3. The molecule has 112 valence electrons. The van der Waals surface area contributed by atoms with Gasteiger partial charge in [0.05, 0.1) is 5.71 Å². The van der Waals surface area contributed by atoms with Crippen molar-refractivity contribution >= 4 is 27.5 Å². The molecule has 0 saturated heterocycles. The lowest BCUT2D eigenvalue weighted by atomic mass is 10.1. The van der Waals surface area contributed by atoms with E-state index < -0.39 is 0 Å². The van der Waals surface area contributed by atoms with Crippen molar-refractivity contribution in [2.75, 3.05) is 6.61 Å². The first-order valence-corrected chi connectivity index (χ1v) is 7.84. The van der Waals surface area contributed by atoms with E-state index in [1.807, 2.05) is 36.4 Å². The van der Waals surface area contributed by atoms with Crippen LogP contribution < -0.4 is 10.2 Å². The van der Waals surface area contributed by atoms with Gasteiger partial charge in [-0.3, -0.25) is 4.79 Å². The summed E-state index contributed by atoms with van der Waals surface area (Å²) in [6, 6.07) is 15.5. The van der Waals surface area contributed by atoms with Crippen molar-refractivity contribution in [2.24, 2.45) is 5.10 Å². The standard InChI is InChI=1S/C17H15BrN2O2/c18-13-5-3-6-14(10-13)22-11-17(21)20-19-16-9-8-12-4-1-2-7-15(12)16/h1-7,10H,8-9,11H2,(H,20,21)/b19-16-. The van der Waals surface area contributed by atoms with Gasteiger partial charge in [0.1, 0.15) is 5.75 Å². The Labute approximate surface area is 137 Å². The number of fused-ring (bicyclic) bond motifs is 1. The van der Waals surface area contributed by atoms with Gasteiger partial charge in [0.25, 0.3) is 5.91 Å². The van der Waals surface area contributed by atoms with Gasteiger partial charge < -0.3 is 4.74 Å². The summed E-state index contributed by atoms with van der Waals surface area (Å²) in [7, 11) is 0. The van der Waals surface area contributed by atoms with Crippen molar-refractivity contribution in [2.45, 2.75) is 12.8 Å². The molecule has 0 bridgehead atoms. The molecule has 0 spiro atoms. The Kier molecular flexibility index (Phi) is 4.53. The Bertz CT molecular complexity index is 728. The number of hydrogen-bond donors (Lipinski definition) is 1. The molecule has 0 radical (unpaired) electrons. The van der Waals surface area contributed by atoms with Gasteiger partial charge in [0.2, 0.25) is 0 Å². The van der Waals surface area contributed by atoms with Crippen LogP contribution in [0.25, 0.3) is 0 Å². The van der Waals surface area contributed by atoms with E-state index in [0.717, 1.165) is 28.6 Å². The van der Waals surface area contributed by atoms with E-state index in [0.29, 0.717) is 5.75 Å². The maximum atomic E-state index is 11.8. The monoisotopic (exact) mass is 358 g/mol. The fourth-order valence-corrected chi connectivity index (χ4v) is 2.77. The number of carbonyl (C=O) groups is 1. The van der Waals surface area contributed by atoms with Gasteiger partial charge in [-0.2, -0.15) is 5.10 Å². The first-order chi connectivity index (χ1) is 10.7. The van der Waals surface area contributed by atoms with Crippen molar-refractivity contribution in [3.63, 3.8) is 0 Å². The van der Waals surface area contributed by atoms with Crippen LogP contribution in [0.2, 0.25) is 0 Å². The van der Waals surface area contributed by atoms with Crippen molar-refractivity contribution in [1.82, 2.24) is 5.43 Å². The number of hydrazone groups is 1. The summed E-state index contributed by atoms with van der Waals surface area (Å²) in [5, 5.41) is 4.22. The van der Waals surface area contributed by atoms with E-state index in [1.54, 1.807) is 6.07 Å². The molecule has 2 aromatic rings. The predicted molar refractivity (Wildman–Crippen MR) is 89.1 cm³/mol. The largest absolute Gasteiger partial charge is 0.484 e. The second-order valence-corrected chi connectivity index (χ2v) is 5.91. The topological polar surface area (TPSA) is 50.7 Å². The number of nitrogens with one attached hydrogen (secondary N) is 1.